The van der Waals surface area contributed by atoms with Gasteiger partial charge in [-0.05, 0) is 37.6 Å². The summed E-state index contributed by atoms with van der Waals surface area (Å²) in [5, 5.41) is 25.6. The van der Waals surface area contributed by atoms with Crippen LogP contribution in [0.5, 0.6) is 5.75 Å². The van der Waals surface area contributed by atoms with Gasteiger partial charge in [0.2, 0.25) is 0 Å². The lowest BCUT2D eigenvalue weighted by atomic mass is 10.00. The number of halogens is 2. The predicted molar refractivity (Wildman–Crippen MR) is 109 cm³/mol. The Balaban J connectivity index is 1.47. The maximum Gasteiger partial charge on any atom is 0.151 e. The Labute approximate surface area is 177 Å². The van der Waals surface area contributed by atoms with Crippen LogP contribution in [0.15, 0.2) is 24.5 Å². The first kappa shape index (κ1) is 19.7. The van der Waals surface area contributed by atoms with Gasteiger partial charge >= 0.3 is 0 Å². The lowest BCUT2D eigenvalue weighted by Crippen LogP contribution is -2.34. The molecule has 4 atom stereocenters. The normalized spacial score (nSPS) is 26.2. The second-order valence-corrected chi connectivity index (χ2v) is 8.38. The monoisotopic (exact) mass is 432 g/mol. The fraction of sp³-hybridized carbons (Fsp3) is 0.429. The van der Waals surface area contributed by atoms with Crippen molar-refractivity contribution in [3.63, 3.8) is 0 Å². The Morgan fingerprint density at radius 2 is 2.13 bits per heavy atom. The summed E-state index contributed by atoms with van der Waals surface area (Å²) in [4.78, 5) is 8.37. The van der Waals surface area contributed by atoms with Crippen molar-refractivity contribution < 1.29 is 19.3 Å². The average Bonchev–Trinajstić information content (AvgIpc) is 3.18. The summed E-state index contributed by atoms with van der Waals surface area (Å²) in [7, 11) is 0. The van der Waals surface area contributed by atoms with E-state index in [1.165, 1.54) is 12.4 Å². The molecular formula is C21H22ClFN4O3. The van der Waals surface area contributed by atoms with Crippen molar-refractivity contribution in [2.45, 2.75) is 50.7 Å². The number of hydrogen-bond acceptors (Lipinski definition) is 6. The van der Waals surface area contributed by atoms with Crippen LogP contribution < -0.4 is 10.1 Å². The number of aryl methyl sites for hydroxylation is 1. The highest BCUT2D eigenvalue weighted by molar-refractivity contribution is 6.30. The van der Waals surface area contributed by atoms with Crippen LogP contribution in [0.1, 0.15) is 29.4 Å². The number of rotatable bonds is 3. The summed E-state index contributed by atoms with van der Waals surface area (Å²) in [6, 6.07) is 3.09. The van der Waals surface area contributed by atoms with Crippen LogP contribution in [0.25, 0.3) is 11.0 Å². The molecule has 1 fully saturated rings. The summed E-state index contributed by atoms with van der Waals surface area (Å²) in [5.74, 6) is 0.634. The molecule has 9 heteroatoms. The molecule has 2 aromatic heterocycles. The smallest absolute Gasteiger partial charge is 0.151 e. The molecule has 3 aromatic rings. The number of aromatic nitrogens is 3. The Kier molecular flexibility index (Phi) is 4.89. The minimum Gasteiger partial charge on any atom is -0.487 e. The molecule has 0 radical (unpaired) electrons. The molecule has 5 rings (SSSR count). The van der Waals surface area contributed by atoms with Gasteiger partial charge in [0.1, 0.15) is 35.5 Å². The Morgan fingerprint density at radius 3 is 2.97 bits per heavy atom. The van der Waals surface area contributed by atoms with Crippen LogP contribution in [0.3, 0.4) is 0 Å². The summed E-state index contributed by atoms with van der Waals surface area (Å²) < 4.78 is 22.1. The van der Waals surface area contributed by atoms with Crippen molar-refractivity contribution in [2.75, 3.05) is 6.54 Å². The molecule has 0 bridgehead atoms. The fourth-order valence-electron chi connectivity index (χ4n) is 4.48. The van der Waals surface area contributed by atoms with E-state index in [1.54, 1.807) is 17.6 Å². The Bertz CT molecular complexity index is 1120. The highest BCUT2D eigenvalue weighted by Crippen LogP contribution is 2.38. The van der Waals surface area contributed by atoms with E-state index in [0.29, 0.717) is 35.2 Å². The first-order chi connectivity index (χ1) is 14.4. The maximum absolute atomic E-state index is 14.4. The van der Waals surface area contributed by atoms with Gasteiger partial charge in [0.05, 0.1) is 11.4 Å². The van der Waals surface area contributed by atoms with Gasteiger partial charge in [-0.1, -0.05) is 11.6 Å². The first-order valence-corrected chi connectivity index (χ1v) is 10.3. The third-order valence-corrected chi connectivity index (χ3v) is 6.24. The molecule has 1 aliphatic heterocycles. The molecule has 3 N–H and O–H groups in total. The van der Waals surface area contributed by atoms with Gasteiger partial charge in [-0.2, -0.15) is 0 Å². The zero-order chi connectivity index (χ0) is 21.0. The highest BCUT2D eigenvalue weighted by Gasteiger charge is 2.45. The second kappa shape index (κ2) is 7.46. The number of nitrogens with one attached hydrogen (secondary N) is 1. The number of aliphatic hydroxyl groups is 2. The number of nitrogens with zero attached hydrogens (tertiary/aromatic N) is 3. The topological polar surface area (TPSA) is 92.4 Å². The zero-order valence-electron chi connectivity index (χ0n) is 16.3. The van der Waals surface area contributed by atoms with Crippen molar-refractivity contribution in [1.29, 1.82) is 0 Å². The third kappa shape index (κ3) is 3.24. The van der Waals surface area contributed by atoms with Crippen LogP contribution in [0.2, 0.25) is 5.02 Å². The van der Waals surface area contributed by atoms with E-state index in [1.807, 2.05) is 6.07 Å². The van der Waals surface area contributed by atoms with E-state index in [2.05, 4.69) is 15.3 Å². The lowest BCUT2D eigenvalue weighted by molar-refractivity contribution is -0.0166. The maximum atomic E-state index is 14.4. The molecule has 7 nitrogen and oxygen atoms in total. The number of fused-ring (bicyclic) bond motifs is 2. The fourth-order valence-corrected chi connectivity index (χ4v) is 4.71. The Hall–Kier alpha value is -2.26. The summed E-state index contributed by atoms with van der Waals surface area (Å²) in [6.45, 7) is 3.24. The van der Waals surface area contributed by atoms with Crippen LogP contribution in [-0.2, 0) is 13.0 Å². The molecular weight excluding hydrogens is 411 g/mol. The van der Waals surface area contributed by atoms with E-state index >= 15 is 0 Å². The molecule has 1 aromatic carbocycles. The minimum atomic E-state index is -1.13. The predicted octanol–water partition coefficient (Wildman–Crippen LogP) is 2.29. The van der Waals surface area contributed by atoms with E-state index in [9.17, 15) is 14.6 Å². The quantitative estimate of drug-likeness (QED) is 0.588. The van der Waals surface area contributed by atoms with Gasteiger partial charge in [0, 0.05) is 35.9 Å². The van der Waals surface area contributed by atoms with E-state index in [-0.39, 0.29) is 5.39 Å². The van der Waals surface area contributed by atoms with Crippen molar-refractivity contribution in [3.8, 4) is 5.75 Å². The number of aliphatic hydroxyl groups excluding tert-OH is 2. The van der Waals surface area contributed by atoms with Crippen molar-refractivity contribution in [2.24, 2.45) is 0 Å². The van der Waals surface area contributed by atoms with Crippen molar-refractivity contribution in [3.05, 3.63) is 52.3 Å². The average molecular weight is 433 g/mol. The molecule has 1 saturated carbocycles. The standard InChI is InChI=1S/C21H22ClFN4O3/c1-10-25-8-14-15(23)9-27(21(14)26-10)16-6-18(20(29)19(16)28)30-17-5-12(22)4-11-2-3-24-7-13(11)17/h4-5,8-9,16,18-20,24,28-29H,2-3,6-7H2,1H3. The second-order valence-electron chi connectivity index (χ2n) is 7.95. The highest BCUT2D eigenvalue weighted by atomic mass is 35.5. The summed E-state index contributed by atoms with van der Waals surface area (Å²) >= 11 is 6.27. The molecule has 2 aliphatic rings. The molecule has 0 spiro atoms. The Morgan fingerprint density at radius 1 is 1.30 bits per heavy atom. The molecule has 0 saturated heterocycles. The first-order valence-electron chi connectivity index (χ1n) is 9.97. The van der Waals surface area contributed by atoms with Gasteiger partial charge in [-0.15, -0.1) is 0 Å². The van der Waals surface area contributed by atoms with Crippen molar-refractivity contribution in [1.82, 2.24) is 19.9 Å². The van der Waals surface area contributed by atoms with Crippen LogP contribution >= 0.6 is 11.6 Å². The largest absolute Gasteiger partial charge is 0.487 e. The van der Waals surface area contributed by atoms with E-state index < -0.39 is 30.2 Å². The van der Waals surface area contributed by atoms with Gasteiger partial charge in [0.15, 0.2) is 5.82 Å². The SMILES string of the molecule is Cc1ncc2c(F)cn(C3CC(Oc4cc(Cl)cc5c4CNCC5)C(O)C3O)c2n1. The molecule has 3 heterocycles. The molecule has 30 heavy (non-hydrogen) atoms. The van der Waals surface area contributed by atoms with Gasteiger partial charge in [0.25, 0.3) is 0 Å². The number of ether oxygens (including phenoxy) is 1. The van der Waals surface area contributed by atoms with Gasteiger partial charge in [-0.3, -0.25) is 0 Å². The lowest BCUT2D eigenvalue weighted by Gasteiger charge is -2.24. The third-order valence-electron chi connectivity index (χ3n) is 6.02. The number of benzene rings is 1. The zero-order valence-corrected chi connectivity index (χ0v) is 17.1. The summed E-state index contributed by atoms with van der Waals surface area (Å²) in [6.07, 6.45) is 0.936. The van der Waals surface area contributed by atoms with Gasteiger partial charge in [-0.25, -0.2) is 14.4 Å². The molecule has 158 valence electrons. The van der Waals surface area contributed by atoms with E-state index in [0.717, 1.165) is 24.1 Å². The van der Waals surface area contributed by atoms with Gasteiger partial charge < -0.3 is 24.8 Å². The van der Waals surface area contributed by atoms with Crippen molar-refractivity contribution >= 4 is 22.6 Å². The van der Waals surface area contributed by atoms with Crippen LogP contribution in [0, 0.1) is 12.7 Å². The summed E-state index contributed by atoms with van der Waals surface area (Å²) in [5.41, 5.74) is 2.52. The molecule has 4 unspecified atom stereocenters. The number of hydrogen-bond donors (Lipinski definition) is 3. The minimum absolute atomic E-state index is 0.279. The van der Waals surface area contributed by atoms with Crippen LogP contribution in [-0.4, -0.2) is 49.6 Å². The molecule has 0 amide bonds. The molecule has 1 aliphatic carbocycles. The van der Waals surface area contributed by atoms with Crippen LogP contribution in [0.4, 0.5) is 4.39 Å². The van der Waals surface area contributed by atoms with E-state index in [4.69, 9.17) is 16.3 Å².